The van der Waals surface area contributed by atoms with E-state index in [9.17, 15) is 9.59 Å². The van der Waals surface area contributed by atoms with E-state index in [0.717, 1.165) is 5.56 Å². The first-order valence-corrected chi connectivity index (χ1v) is 8.90. The Hall–Kier alpha value is -3.60. The maximum Gasteiger partial charge on any atom is 0.349 e. The molecule has 0 fully saturated rings. The summed E-state index contributed by atoms with van der Waals surface area (Å²) in [6.45, 7) is 0.101. The summed E-state index contributed by atoms with van der Waals surface area (Å²) >= 11 is 0. The van der Waals surface area contributed by atoms with Crippen LogP contribution in [-0.2, 0) is 16.0 Å². The van der Waals surface area contributed by atoms with Gasteiger partial charge in [-0.1, -0.05) is 48.5 Å². The predicted molar refractivity (Wildman–Crippen MR) is 104 cm³/mol. The number of carbonyl (C=O) groups is 2. The first-order chi connectivity index (χ1) is 13.7. The molecule has 142 valence electrons. The van der Waals surface area contributed by atoms with E-state index in [1.54, 1.807) is 36.4 Å². The van der Waals surface area contributed by atoms with Crippen molar-refractivity contribution >= 4 is 11.9 Å². The number of hydrogen-bond acceptors (Lipinski definition) is 5. The fraction of sp³-hybridized carbons (Fsp3) is 0.130. The van der Waals surface area contributed by atoms with Gasteiger partial charge in [-0.25, -0.2) is 9.59 Å². The minimum atomic E-state index is -0.526. The summed E-state index contributed by atoms with van der Waals surface area (Å²) in [6, 6.07) is 25.0. The minimum absolute atomic E-state index is 0.201. The lowest BCUT2D eigenvalue weighted by Gasteiger charge is -2.08. The lowest BCUT2D eigenvalue weighted by Crippen LogP contribution is -2.17. The van der Waals surface area contributed by atoms with Crippen molar-refractivity contribution in [2.45, 2.75) is 6.42 Å². The Bertz CT molecular complexity index is 889. The molecule has 3 aromatic carbocycles. The van der Waals surface area contributed by atoms with Crippen LogP contribution in [0.2, 0.25) is 0 Å². The van der Waals surface area contributed by atoms with E-state index >= 15 is 0 Å². The van der Waals surface area contributed by atoms with E-state index in [1.807, 2.05) is 48.5 Å². The Morgan fingerprint density at radius 3 is 2.04 bits per heavy atom. The summed E-state index contributed by atoms with van der Waals surface area (Å²) in [7, 11) is 0. The van der Waals surface area contributed by atoms with Crippen molar-refractivity contribution in [3.05, 3.63) is 96.1 Å². The molecule has 0 saturated carbocycles. The third-order valence-electron chi connectivity index (χ3n) is 3.89. The molecular weight excluding hydrogens is 356 g/mol. The summed E-state index contributed by atoms with van der Waals surface area (Å²) in [5.41, 5.74) is 1.50. The van der Waals surface area contributed by atoms with Gasteiger partial charge in [-0.2, -0.15) is 0 Å². The SMILES string of the molecule is O=C(COc1ccccc1)Oc1ccc(C(=O)OCCc2ccccc2)cc1. The van der Waals surface area contributed by atoms with Crippen LogP contribution in [0.25, 0.3) is 0 Å². The van der Waals surface area contributed by atoms with Crippen LogP contribution in [0.5, 0.6) is 11.5 Å². The van der Waals surface area contributed by atoms with Gasteiger partial charge in [-0.15, -0.1) is 0 Å². The Morgan fingerprint density at radius 1 is 0.714 bits per heavy atom. The summed E-state index contributed by atoms with van der Waals surface area (Å²) in [6.07, 6.45) is 0.656. The Balaban J connectivity index is 1.43. The van der Waals surface area contributed by atoms with Gasteiger partial charge in [0, 0.05) is 6.42 Å². The Morgan fingerprint density at radius 2 is 1.36 bits per heavy atom. The second kappa shape index (κ2) is 9.92. The zero-order valence-corrected chi connectivity index (χ0v) is 15.2. The quantitative estimate of drug-likeness (QED) is 0.438. The molecule has 0 amide bonds. The van der Waals surface area contributed by atoms with E-state index < -0.39 is 11.9 Å². The molecule has 0 aliphatic heterocycles. The van der Waals surface area contributed by atoms with Crippen LogP contribution in [0, 0.1) is 0 Å². The van der Waals surface area contributed by atoms with Crippen molar-refractivity contribution in [2.24, 2.45) is 0 Å². The monoisotopic (exact) mass is 376 g/mol. The van der Waals surface area contributed by atoms with Gasteiger partial charge in [0.1, 0.15) is 11.5 Å². The highest BCUT2D eigenvalue weighted by Crippen LogP contribution is 2.14. The second-order valence-electron chi connectivity index (χ2n) is 5.97. The van der Waals surface area contributed by atoms with Crippen molar-refractivity contribution in [2.75, 3.05) is 13.2 Å². The number of hydrogen-bond donors (Lipinski definition) is 0. The van der Waals surface area contributed by atoms with Gasteiger partial charge in [-0.05, 0) is 42.0 Å². The number of carbonyl (C=O) groups excluding carboxylic acids is 2. The zero-order chi connectivity index (χ0) is 19.6. The maximum atomic E-state index is 12.1. The number of ether oxygens (including phenoxy) is 3. The molecule has 0 spiro atoms. The first-order valence-electron chi connectivity index (χ1n) is 8.90. The van der Waals surface area contributed by atoms with E-state index in [1.165, 1.54) is 0 Å². The summed E-state index contributed by atoms with van der Waals surface area (Å²) in [5, 5.41) is 0. The standard InChI is InChI=1S/C23H20O5/c24-22(17-27-20-9-5-2-6-10-20)28-21-13-11-19(12-14-21)23(25)26-16-15-18-7-3-1-4-8-18/h1-14H,15-17H2. The average Bonchev–Trinajstić information content (AvgIpc) is 2.74. The van der Waals surface area contributed by atoms with Crippen LogP contribution in [-0.4, -0.2) is 25.2 Å². The largest absolute Gasteiger partial charge is 0.482 e. The molecule has 0 aromatic heterocycles. The normalized spacial score (nSPS) is 10.1. The second-order valence-corrected chi connectivity index (χ2v) is 5.97. The fourth-order valence-corrected chi connectivity index (χ4v) is 2.47. The highest BCUT2D eigenvalue weighted by Gasteiger charge is 2.10. The molecule has 5 heteroatoms. The van der Waals surface area contributed by atoms with Gasteiger partial charge < -0.3 is 14.2 Å². The molecule has 0 aliphatic rings. The molecule has 0 bridgehead atoms. The van der Waals surface area contributed by atoms with Crippen LogP contribution >= 0.6 is 0 Å². The molecule has 0 atom stereocenters. The smallest absolute Gasteiger partial charge is 0.349 e. The molecule has 0 heterocycles. The van der Waals surface area contributed by atoms with Gasteiger partial charge in [0.05, 0.1) is 12.2 Å². The zero-order valence-electron chi connectivity index (χ0n) is 15.2. The Kier molecular flexibility index (Phi) is 6.79. The maximum absolute atomic E-state index is 12.1. The van der Waals surface area contributed by atoms with E-state index in [0.29, 0.717) is 30.1 Å². The van der Waals surface area contributed by atoms with E-state index in [4.69, 9.17) is 14.2 Å². The van der Waals surface area contributed by atoms with E-state index in [2.05, 4.69) is 0 Å². The molecule has 0 unspecified atom stereocenters. The van der Waals surface area contributed by atoms with Gasteiger partial charge in [0.15, 0.2) is 6.61 Å². The number of rotatable bonds is 8. The lowest BCUT2D eigenvalue weighted by molar-refractivity contribution is -0.136. The lowest BCUT2D eigenvalue weighted by atomic mass is 10.2. The average molecular weight is 376 g/mol. The van der Waals surface area contributed by atoms with Gasteiger partial charge in [0.25, 0.3) is 0 Å². The third-order valence-corrected chi connectivity index (χ3v) is 3.89. The molecule has 28 heavy (non-hydrogen) atoms. The summed E-state index contributed by atoms with van der Waals surface area (Å²) in [4.78, 5) is 23.9. The highest BCUT2D eigenvalue weighted by atomic mass is 16.6. The molecule has 0 N–H and O–H groups in total. The molecular formula is C23H20O5. The van der Waals surface area contributed by atoms with Crippen molar-refractivity contribution in [1.29, 1.82) is 0 Å². The number of benzene rings is 3. The third kappa shape index (κ3) is 5.99. The predicted octanol–water partition coefficient (Wildman–Crippen LogP) is 4.07. The van der Waals surface area contributed by atoms with Crippen molar-refractivity contribution in [3.8, 4) is 11.5 Å². The van der Waals surface area contributed by atoms with E-state index in [-0.39, 0.29) is 6.61 Å². The highest BCUT2D eigenvalue weighted by molar-refractivity contribution is 5.89. The fourth-order valence-electron chi connectivity index (χ4n) is 2.47. The van der Waals surface area contributed by atoms with Gasteiger partial charge in [0.2, 0.25) is 0 Å². The van der Waals surface area contributed by atoms with Crippen LogP contribution in [0.3, 0.4) is 0 Å². The Labute approximate surface area is 163 Å². The molecule has 0 saturated heterocycles. The molecule has 0 aliphatic carbocycles. The van der Waals surface area contributed by atoms with Crippen molar-refractivity contribution in [3.63, 3.8) is 0 Å². The summed E-state index contributed by atoms with van der Waals surface area (Å²) in [5.74, 6) is -0.0150. The number of esters is 2. The van der Waals surface area contributed by atoms with Crippen LogP contribution in [0.1, 0.15) is 15.9 Å². The first kappa shape index (κ1) is 19.2. The topological polar surface area (TPSA) is 61.8 Å². The van der Waals surface area contributed by atoms with Crippen molar-refractivity contribution in [1.82, 2.24) is 0 Å². The van der Waals surface area contributed by atoms with Crippen LogP contribution < -0.4 is 9.47 Å². The van der Waals surface area contributed by atoms with Crippen LogP contribution in [0.4, 0.5) is 0 Å². The van der Waals surface area contributed by atoms with Crippen molar-refractivity contribution < 1.29 is 23.8 Å². The van der Waals surface area contributed by atoms with Crippen LogP contribution in [0.15, 0.2) is 84.9 Å². The molecule has 3 aromatic rings. The minimum Gasteiger partial charge on any atom is -0.482 e. The molecule has 3 rings (SSSR count). The number of para-hydroxylation sites is 1. The summed E-state index contributed by atoms with van der Waals surface area (Å²) < 4.78 is 15.8. The molecule has 5 nitrogen and oxygen atoms in total. The molecule has 0 radical (unpaired) electrons. The van der Waals surface area contributed by atoms with Gasteiger partial charge >= 0.3 is 11.9 Å². The van der Waals surface area contributed by atoms with Gasteiger partial charge in [-0.3, -0.25) is 0 Å².